The molecule has 0 spiro atoms. The maximum Gasteiger partial charge on any atom is 0.460 e. The van der Waals surface area contributed by atoms with Crippen molar-refractivity contribution in [3.8, 4) is 5.88 Å². The molecule has 1 amide bonds. The molecule has 1 aromatic heterocycles. The lowest BCUT2D eigenvalue weighted by Gasteiger charge is -2.27. The van der Waals surface area contributed by atoms with Gasteiger partial charge >= 0.3 is 24.2 Å². The zero-order chi connectivity index (χ0) is 31.2. The second-order valence-electron chi connectivity index (χ2n) is 8.91. The lowest BCUT2D eigenvalue weighted by atomic mass is 10.0. The molecule has 0 unspecified atom stereocenters. The van der Waals surface area contributed by atoms with Crippen LogP contribution in [0.5, 0.6) is 5.88 Å². The van der Waals surface area contributed by atoms with Gasteiger partial charge in [0.2, 0.25) is 5.88 Å². The number of halogens is 11. The Morgan fingerprint density at radius 1 is 1.17 bits per heavy atom. The summed E-state index contributed by atoms with van der Waals surface area (Å²) in [6.45, 7) is -2.79. The minimum atomic E-state index is -6.72. The Hall–Kier alpha value is -3.54. The zero-order valence-electron chi connectivity index (χ0n) is 20.5. The summed E-state index contributed by atoms with van der Waals surface area (Å²) in [4.78, 5) is 12.5. The molecule has 0 aliphatic heterocycles. The molecule has 5 N–H and O–H groups in total. The molecule has 1 aliphatic rings. The molecule has 1 aromatic carbocycles. The number of carbonyl (C=O) groups excluding carboxylic acids is 1. The average molecular weight is 625 g/mol. The highest BCUT2D eigenvalue weighted by molar-refractivity contribution is 6.34. The van der Waals surface area contributed by atoms with Crippen molar-refractivity contribution in [3.63, 3.8) is 0 Å². The van der Waals surface area contributed by atoms with Crippen LogP contribution >= 0.6 is 11.6 Å². The number of benzene rings is 1. The van der Waals surface area contributed by atoms with Crippen molar-refractivity contribution in [3.05, 3.63) is 46.1 Å². The maximum atomic E-state index is 13.8. The molecule has 0 bridgehead atoms. The van der Waals surface area contributed by atoms with Crippen molar-refractivity contribution in [2.75, 3.05) is 11.9 Å². The number of anilines is 1. The average Bonchev–Trinajstić information content (AvgIpc) is 3.46. The van der Waals surface area contributed by atoms with E-state index in [1.807, 2.05) is 0 Å². The first-order valence-electron chi connectivity index (χ1n) is 11.1. The van der Waals surface area contributed by atoms with Crippen LogP contribution in [0.25, 0.3) is 5.57 Å². The number of amides is 1. The van der Waals surface area contributed by atoms with Gasteiger partial charge in [-0.1, -0.05) is 17.7 Å². The first kappa shape index (κ1) is 32.0. The molecule has 0 atom stereocenters. The van der Waals surface area contributed by atoms with Gasteiger partial charge in [-0.2, -0.15) is 43.9 Å². The fraction of sp³-hybridized carbons (Fsp3) is 0.409. The predicted octanol–water partition coefficient (Wildman–Crippen LogP) is 5.59. The Morgan fingerprint density at radius 3 is 2.29 bits per heavy atom. The molecular formula is C22H19ClF10N6O2. The summed E-state index contributed by atoms with van der Waals surface area (Å²) in [6, 6.07) is 3.80. The summed E-state index contributed by atoms with van der Waals surface area (Å²) < 4.78 is 136. The Labute approximate surface area is 229 Å². The highest BCUT2D eigenvalue weighted by Crippen LogP contribution is 2.47. The number of alkyl halides is 10. The largest absolute Gasteiger partial charge is 0.469 e. The Bertz CT molecular complexity index is 1370. The van der Waals surface area contributed by atoms with Crippen molar-refractivity contribution >= 4 is 35.1 Å². The van der Waals surface area contributed by atoms with Crippen molar-refractivity contribution in [2.45, 2.75) is 42.7 Å². The Morgan fingerprint density at radius 2 is 1.78 bits per heavy atom. The summed E-state index contributed by atoms with van der Waals surface area (Å²) in [5.41, 5.74) is 2.92. The van der Waals surface area contributed by atoms with Gasteiger partial charge in [0, 0.05) is 25.0 Å². The van der Waals surface area contributed by atoms with Gasteiger partial charge in [-0.3, -0.25) is 4.79 Å². The molecule has 3 rings (SSSR count). The number of hydrogen-bond donors (Lipinski definition) is 4. The van der Waals surface area contributed by atoms with Gasteiger partial charge in [0.15, 0.2) is 12.2 Å². The number of carbonyl (C=O) groups is 1. The Balaban J connectivity index is 1.92. The number of allylic oxidation sites excluding steroid dienone is 1. The summed E-state index contributed by atoms with van der Waals surface area (Å²) in [7, 11) is 0.857. The van der Waals surface area contributed by atoms with Gasteiger partial charge < -0.3 is 26.5 Å². The van der Waals surface area contributed by atoms with E-state index in [-0.39, 0.29) is 21.7 Å². The van der Waals surface area contributed by atoms with Gasteiger partial charge in [0.25, 0.3) is 5.91 Å². The fourth-order valence-electron chi connectivity index (χ4n) is 3.26. The van der Waals surface area contributed by atoms with Crippen molar-refractivity contribution < 1.29 is 53.4 Å². The van der Waals surface area contributed by atoms with Crippen LogP contribution in [0.1, 0.15) is 34.3 Å². The second kappa shape index (κ2) is 10.7. The molecule has 0 radical (unpaired) electrons. The summed E-state index contributed by atoms with van der Waals surface area (Å²) in [5.74, 6) is -16.0. The van der Waals surface area contributed by atoms with E-state index in [2.05, 4.69) is 20.5 Å². The fourth-order valence-corrected chi connectivity index (χ4v) is 3.47. The summed E-state index contributed by atoms with van der Waals surface area (Å²) in [5, 5.41) is 15.5. The number of nitrogens with one attached hydrogen (secondary N) is 3. The number of hydrogen-bond acceptors (Lipinski definition) is 6. The molecule has 41 heavy (non-hydrogen) atoms. The number of aromatic nitrogens is 2. The molecule has 0 saturated heterocycles. The van der Waals surface area contributed by atoms with Crippen molar-refractivity contribution in [1.82, 2.24) is 15.1 Å². The van der Waals surface area contributed by atoms with Crippen LogP contribution in [-0.4, -0.2) is 52.2 Å². The third kappa shape index (κ3) is 6.69. The lowest BCUT2D eigenvalue weighted by molar-refractivity contribution is -0.358. The SMILES string of the molecule is Cn1nc(OCC(F)(F)C(F)(F)C(F)(F)F)c(C(F)(F)F)c1N/C=C(\C=N)c1ccc(Cl)c(C(=O)NC2(N)CC2)c1. The van der Waals surface area contributed by atoms with E-state index in [4.69, 9.17) is 22.7 Å². The molecule has 1 heterocycles. The lowest BCUT2D eigenvalue weighted by Crippen LogP contribution is -2.54. The highest BCUT2D eigenvalue weighted by atomic mass is 35.5. The van der Waals surface area contributed by atoms with E-state index in [9.17, 15) is 48.7 Å². The van der Waals surface area contributed by atoms with Gasteiger partial charge in [-0.05, 0) is 30.5 Å². The first-order valence-corrected chi connectivity index (χ1v) is 11.5. The predicted molar refractivity (Wildman–Crippen MR) is 125 cm³/mol. The van der Waals surface area contributed by atoms with Crippen LogP contribution in [0.4, 0.5) is 49.7 Å². The summed E-state index contributed by atoms with van der Waals surface area (Å²) in [6.07, 6.45) is -9.62. The summed E-state index contributed by atoms with van der Waals surface area (Å²) >= 11 is 6.06. The zero-order valence-corrected chi connectivity index (χ0v) is 21.2. The smallest absolute Gasteiger partial charge is 0.460 e. The third-order valence-corrected chi connectivity index (χ3v) is 6.05. The van der Waals surface area contributed by atoms with E-state index < -0.39 is 59.6 Å². The van der Waals surface area contributed by atoms with Gasteiger partial charge in [-0.25, -0.2) is 4.68 Å². The van der Waals surface area contributed by atoms with E-state index in [0.717, 1.165) is 13.2 Å². The van der Waals surface area contributed by atoms with E-state index in [1.165, 1.54) is 18.2 Å². The van der Waals surface area contributed by atoms with Crippen LogP contribution in [0.3, 0.4) is 0 Å². The van der Waals surface area contributed by atoms with Gasteiger partial charge in [0.1, 0.15) is 5.82 Å². The number of nitrogens with zero attached hydrogens (tertiary/aromatic N) is 2. The van der Waals surface area contributed by atoms with Crippen molar-refractivity contribution in [1.29, 1.82) is 5.41 Å². The van der Waals surface area contributed by atoms with Gasteiger partial charge in [-0.15, -0.1) is 5.10 Å². The number of rotatable bonds is 10. The van der Waals surface area contributed by atoms with Crippen LogP contribution in [-0.2, 0) is 13.2 Å². The van der Waals surface area contributed by atoms with E-state index in [0.29, 0.717) is 23.7 Å². The molecule has 226 valence electrons. The molecule has 1 saturated carbocycles. The quantitative estimate of drug-likeness (QED) is 0.156. The molecule has 2 aromatic rings. The van der Waals surface area contributed by atoms with Crippen LogP contribution in [0.2, 0.25) is 5.02 Å². The van der Waals surface area contributed by atoms with Crippen LogP contribution < -0.4 is 21.1 Å². The molecular weight excluding hydrogens is 606 g/mol. The molecule has 1 fully saturated rings. The normalized spacial score (nSPS) is 15.9. The van der Waals surface area contributed by atoms with Crippen molar-refractivity contribution in [2.24, 2.45) is 12.8 Å². The minimum absolute atomic E-state index is 0.00604. The maximum absolute atomic E-state index is 13.8. The van der Waals surface area contributed by atoms with E-state index in [1.54, 1.807) is 0 Å². The number of aryl methyl sites for hydroxylation is 1. The van der Waals surface area contributed by atoms with E-state index >= 15 is 0 Å². The number of nitrogens with two attached hydrogens (primary N) is 1. The van der Waals surface area contributed by atoms with Crippen LogP contribution in [0.15, 0.2) is 24.4 Å². The van der Waals surface area contributed by atoms with Crippen LogP contribution in [0, 0.1) is 5.41 Å². The number of ether oxygens (including phenoxy) is 1. The molecule has 19 heteroatoms. The topological polar surface area (TPSA) is 118 Å². The minimum Gasteiger partial charge on any atom is -0.469 e. The third-order valence-electron chi connectivity index (χ3n) is 5.72. The highest BCUT2D eigenvalue weighted by Gasteiger charge is 2.73. The molecule has 1 aliphatic carbocycles. The monoisotopic (exact) mass is 624 g/mol. The Kier molecular flexibility index (Phi) is 8.35. The molecule has 8 nitrogen and oxygen atoms in total. The first-order chi connectivity index (χ1) is 18.6. The standard InChI is InChI=1S/C22H19ClF10N6O2/c1-39-15(14(20(26,27)28)17(38-39)41-9-19(24,25)21(29,30)22(31,32)33)36-8-11(7-34)10-2-3-13(23)12(6-10)16(40)37-18(35)4-5-18/h2-3,6-8,34,36H,4-5,9,35H2,1H3,(H,37,40)/b11-8+,34-7?. The van der Waals surface area contributed by atoms with Gasteiger partial charge in [0.05, 0.1) is 16.2 Å². The second-order valence-corrected chi connectivity index (χ2v) is 9.32.